The molecule has 0 fully saturated rings. The lowest BCUT2D eigenvalue weighted by atomic mass is 10.0. The molecule has 1 aromatic heterocycles. The number of aromatic nitrogens is 2. The number of benzene rings is 1. The predicted octanol–water partition coefficient (Wildman–Crippen LogP) is 3.13. The van der Waals surface area contributed by atoms with Gasteiger partial charge >= 0.3 is 0 Å². The summed E-state index contributed by atoms with van der Waals surface area (Å²) >= 11 is 0. The Kier molecular flexibility index (Phi) is 3.37. The monoisotopic (exact) mass is 260 g/mol. The number of aryl methyl sites for hydroxylation is 2. The quantitative estimate of drug-likeness (QED) is 0.902. The van der Waals surface area contributed by atoms with Gasteiger partial charge in [0.05, 0.1) is 0 Å². The molecule has 0 spiro atoms. The molecular weight excluding hydrogens is 243 g/mol. The van der Waals surface area contributed by atoms with E-state index in [1.165, 1.54) is 18.5 Å². The Bertz CT molecular complexity index is 601. The molecule has 0 unspecified atom stereocenters. The molecule has 0 amide bonds. The third-order valence-corrected chi connectivity index (χ3v) is 3.09. The Labute approximate surface area is 112 Å². The highest BCUT2D eigenvalue weighted by Crippen LogP contribution is 2.25. The molecule has 1 N–H and O–H groups in total. The average Bonchev–Trinajstić information content (AvgIpc) is 2.33. The highest BCUT2D eigenvalue weighted by Gasteiger charge is 2.19. The maximum absolute atomic E-state index is 13.9. The Morgan fingerprint density at radius 3 is 2.11 bits per heavy atom. The third-order valence-electron chi connectivity index (χ3n) is 3.09. The summed E-state index contributed by atoms with van der Waals surface area (Å²) in [5.74, 6) is 0.0307. The Morgan fingerprint density at radius 1 is 1.05 bits per heavy atom. The van der Waals surface area contributed by atoms with E-state index in [9.17, 15) is 9.50 Å². The summed E-state index contributed by atoms with van der Waals surface area (Å²) in [7, 11) is 0. The van der Waals surface area contributed by atoms with Crippen LogP contribution >= 0.6 is 0 Å². The van der Waals surface area contributed by atoms with E-state index in [4.69, 9.17) is 0 Å². The smallest absolute Gasteiger partial charge is 0.159 e. The second kappa shape index (κ2) is 4.70. The van der Waals surface area contributed by atoms with Crippen molar-refractivity contribution < 1.29 is 9.50 Å². The van der Waals surface area contributed by atoms with Crippen molar-refractivity contribution in [2.24, 2.45) is 0 Å². The van der Waals surface area contributed by atoms with Crippen molar-refractivity contribution in [1.82, 2.24) is 9.97 Å². The first kappa shape index (κ1) is 13.6. The van der Waals surface area contributed by atoms with E-state index < -0.39 is 5.60 Å². The topological polar surface area (TPSA) is 46.0 Å². The summed E-state index contributed by atoms with van der Waals surface area (Å²) < 4.78 is 13.9. The van der Waals surface area contributed by atoms with Crippen LogP contribution in [0.5, 0.6) is 0 Å². The molecule has 0 aliphatic carbocycles. The van der Waals surface area contributed by atoms with Crippen LogP contribution in [0.1, 0.15) is 30.8 Å². The molecule has 0 bridgehead atoms. The molecule has 2 aromatic rings. The van der Waals surface area contributed by atoms with Crippen LogP contribution in [0, 0.1) is 19.7 Å². The fraction of sp³-hybridized carbons (Fsp3) is 0.333. The third kappa shape index (κ3) is 2.79. The summed E-state index contributed by atoms with van der Waals surface area (Å²) in [4.78, 5) is 8.18. The van der Waals surface area contributed by atoms with E-state index in [2.05, 4.69) is 9.97 Å². The SMILES string of the molecule is Cc1cc(F)c(-c2cnc(C(C)(C)O)nc2)cc1C. The second-order valence-corrected chi connectivity index (χ2v) is 5.27. The van der Waals surface area contributed by atoms with Crippen LogP contribution in [0.25, 0.3) is 11.1 Å². The molecule has 1 heterocycles. The standard InChI is InChI=1S/C15H17FN2O/c1-9-5-12(13(16)6-10(9)2)11-7-17-14(18-8-11)15(3,4)19/h5-8,19H,1-4H3. The predicted molar refractivity (Wildman–Crippen MR) is 72.1 cm³/mol. The van der Waals surface area contributed by atoms with Crippen LogP contribution in [0.3, 0.4) is 0 Å². The van der Waals surface area contributed by atoms with E-state index in [0.717, 1.165) is 11.1 Å². The maximum Gasteiger partial charge on any atom is 0.159 e. The number of nitrogens with zero attached hydrogens (tertiary/aromatic N) is 2. The Hall–Kier alpha value is -1.81. The largest absolute Gasteiger partial charge is 0.382 e. The highest BCUT2D eigenvalue weighted by molar-refractivity contribution is 5.64. The zero-order valence-electron chi connectivity index (χ0n) is 11.5. The van der Waals surface area contributed by atoms with E-state index in [1.807, 2.05) is 13.8 Å². The van der Waals surface area contributed by atoms with Crippen molar-refractivity contribution in [3.05, 3.63) is 47.3 Å². The van der Waals surface area contributed by atoms with Crippen molar-refractivity contribution in [2.45, 2.75) is 33.3 Å². The summed E-state index contributed by atoms with van der Waals surface area (Å²) in [6.07, 6.45) is 3.07. The lowest BCUT2D eigenvalue weighted by Crippen LogP contribution is -2.19. The van der Waals surface area contributed by atoms with E-state index in [-0.39, 0.29) is 5.82 Å². The Balaban J connectivity index is 2.46. The molecule has 0 saturated carbocycles. The van der Waals surface area contributed by atoms with Gasteiger partial charge in [-0.15, -0.1) is 0 Å². The summed E-state index contributed by atoms with van der Waals surface area (Å²) in [6.45, 7) is 7.03. The minimum absolute atomic E-state index is 0.289. The Morgan fingerprint density at radius 2 is 1.58 bits per heavy atom. The van der Waals surface area contributed by atoms with Gasteiger partial charge in [-0.2, -0.15) is 0 Å². The van der Waals surface area contributed by atoms with Crippen molar-refractivity contribution in [1.29, 1.82) is 0 Å². The first-order valence-corrected chi connectivity index (χ1v) is 6.11. The summed E-state index contributed by atoms with van der Waals surface area (Å²) in [6, 6.07) is 3.29. The van der Waals surface area contributed by atoms with E-state index in [1.54, 1.807) is 19.9 Å². The average molecular weight is 260 g/mol. The number of halogens is 1. The van der Waals surface area contributed by atoms with Gasteiger partial charge in [0.2, 0.25) is 0 Å². The van der Waals surface area contributed by atoms with Crippen molar-refractivity contribution in [2.75, 3.05) is 0 Å². The molecule has 3 nitrogen and oxygen atoms in total. The normalized spacial score (nSPS) is 11.7. The minimum atomic E-state index is -1.10. The minimum Gasteiger partial charge on any atom is -0.382 e. The molecule has 0 aliphatic heterocycles. The first-order chi connectivity index (χ1) is 8.79. The molecule has 0 atom stereocenters. The fourth-order valence-corrected chi connectivity index (χ4v) is 1.79. The molecule has 0 radical (unpaired) electrons. The number of rotatable bonds is 2. The molecule has 2 rings (SSSR count). The molecule has 100 valence electrons. The molecule has 1 aromatic carbocycles. The van der Waals surface area contributed by atoms with Gasteiger partial charge in [0.15, 0.2) is 5.82 Å². The molecule has 19 heavy (non-hydrogen) atoms. The van der Waals surface area contributed by atoms with Gasteiger partial charge in [-0.05, 0) is 51.0 Å². The summed E-state index contributed by atoms with van der Waals surface area (Å²) in [5.41, 5.74) is 1.91. The number of aliphatic hydroxyl groups is 1. The van der Waals surface area contributed by atoms with Gasteiger partial charge in [0, 0.05) is 23.5 Å². The van der Waals surface area contributed by atoms with Crippen LogP contribution in [0.2, 0.25) is 0 Å². The second-order valence-electron chi connectivity index (χ2n) is 5.27. The van der Waals surface area contributed by atoms with Gasteiger partial charge in [-0.3, -0.25) is 0 Å². The van der Waals surface area contributed by atoms with Gasteiger partial charge in [-0.25, -0.2) is 14.4 Å². The number of hydrogen-bond acceptors (Lipinski definition) is 3. The van der Waals surface area contributed by atoms with Gasteiger partial charge < -0.3 is 5.11 Å². The van der Waals surface area contributed by atoms with E-state index >= 15 is 0 Å². The zero-order chi connectivity index (χ0) is 14.2. The van der Waals surface area contributed by atoms with Gasteiger partial charge in [-0.1, -0.05) is 0 Å². The lowest BCUT2D eigenvalue weighted by molar-refractivity contribution is 0.0687. The first-order valence-electron chi connectivity index (χ1n) is 6.11. The summed E-state index contributed by atoms with van der Waals surface area (Å²) in [5, 5.41) is 9.79. The molecule has 4 heteroatoms. The van der Waals surface area contributed by atoms with Crippen LogP contribution < -0.4 is 0 Å². The molecule has 0 saturated heterocycles. The number of hydrogen-bond donors (Lipinski definition) is 1. The fourth-order valence-electron chi connectivity index (χ4n) is 1.79. The van der Waals surface area contributed by atoms with E-state index in [0.29, 0.717) is 17.0 Å². The zero-order valence-corrected chi connectivity index (χ0v) is 11.5. The van der Waals surface area contributed by atoms with Crippen molar-refractivity contribution in [3.63, 3.8) is 0 Å². The van der Waals surface area contributed by atoms with Crippen LogP contribution in [0.4, 0.5) is 4.39 Å². The van der Waals surface area contributed by atoms with Crippen molar-refractivity contribution in [3.8, 4) is 11.1 Å². The lowest BCUT2D eigenvalue weighted by Gasteiger charge is -2.15. The molecule has 0 aliphatic rings. The maximum atomic E-state index is 13.9. The van der Waals surface area contributed by atoms with Crippen molar-refractivity contribution >= 4 is 0 Å². The molecular formula is C15H17FN2O. The van der Waals surface area contributed by atoms with Gasteiger partial charge in [0.25, 0.3) is 0 Å². The highest BCUT2D eigenvalue weighted by atomic mass is 19.1. The van der Waals surface area contributed by atoms with Crippen LogP contribution in [-0.4, -0.2) is 15.1 Å². The van der Waals surface area contributed by atoms with Crippen LogP contribution in [-0.2, 0) is 5.60 Å². The van der Waals surface area contributed by atoms with Crippen LogP contribution in [0.15, 0.2) is 24.5 Å². The van der Waals surface area contributed by atoms with Gasteiger partial charge in [0.1, 0.15) is 11.4 Å².